The Balaban J connectivity index is 0.00000280. The Kier molecular flexibility index (Phi) is 8.86. The van der Waals surface area contributed by atoms with Crippen molar-refractivity contribution in [2.45, 2.75) is 26.5 Å². The molecular weight excluding hydrogens is 370 g/mol. The Morgan fingerprint density at radius 2 is 1.43 bits per heavy atom. The zero-order chi connectivity index (χ0) is 18.9. The molecule has 0 spiro atoms. The lowest BCUT2D eigenvalue weighted by Gasteiger charge is -2.13. The first kappa shape index (κ1) is 21.8. The fourth-order valence-corrected chi connectivity index (χ4v) is 2.99. The second kappa shape index (κ2) is 11.4. The molecule has 3 aromatic rings. The molecule has 0 atom stereocenters. The summed E-state index contributed by atoms with van der Waals surface area (Å²) in [6.45, 7) is 4.33. The van der Waals surface area contributed by atoms with Gasteiger partial charge in [-0.25, -0.2) is 0 Å². The van der Waals surface area contributed by atoms with Gasteiger partial charge in [0.15, 0.2) is 0 Å². The number of benzene rings is 3. The maximum absolute atomic E-state index is 6.05. The molecule has 4 heteroatoms. The van der Waals surface area contributed by atoms with Crippen molar-refractivity contribution in [1.29, 1.82) is 0 Å². The molecule has 0 aromatic heterocycles. The summed E-state index contributed by atoms with van der Waals surface area (Å²) in [6, 6.07) is 24.8. The Morgan fingerprint density at radius 3 is 2.14 bits per heavy atom. The molecule has 0 radical (unpaired) electrons. The zero-order valence-corrected chi connectivity index (χ0v) is 17.3. The van der Waals surface area contributed by atoms with Crippen LogP contribution in [0.3, 0.4) is 0 Å². The fourth-order valence-electron chi connectivity index (χ4n) is 2.99. The molecule has 0 fully saturated rings. The standard InChI is InChI=1S/C24H27NO2.ClH/c1-19-11-13-20(14-12-19)18-27-24-10-6-4-8-22(24)17-25-16-15-21-7-3-5-9-23(21)26-2;/h3-14,25H,15-18H2,1-2H3;1H. The number of rotatable bonds is 9. The third kappa shape index (κ3) is 6.29. The smallest absolute Gasteiger partial charge is 0.124 e. The van der Waals surface area contributed by atoms with Crippen LogP contribution in [0.5, 0.6) is 11.5 Å². The van der Waals surface area contributed by atoms with Crippen molar-refractivity contribution in [3.05, 3.63) is 95.1 Å². The van der Waals surface area contributed by atoms with Crippen LogP contribution in [0.15, 0.2) is 72.8 Å². The summed E-state index contributed by atoms with van der Waals surface area (Å²) in [6.07, 6.45) is 0.927. The third-order valence-corrected chi connectivity index (χ3v) is 4.57. The molecule has 0 saturated carbocycles. The first-order valence-corrected chi connectivity index (χ1v) is 9.35. The van der Waals surface area contributed by atoms with E-state index in [4.69, 9.17) is 9.47 Å². The van der Waals surface area contributed by atoms with E-state index in [9.17, 15) is 0 Å². The molecule has 0 amide bonds. The summed E-state index contributed by atoms with van der Waals surface area (Å²) >= 11 is 0. The van der Waals surface area contributed by atoms with Gasteiger partial charge in [0.1, 0.15) is 18.1 Å². The van der Waals surface area contributed by atoms with Gasteiger partial charge in [-0.05, 0) is 43.1 Å². The number of para-hydroxylation sites is 2. The van der Waals surface area contributed by atoms with E-state index in [1.54, 1.807) is 7.11 Å². The third-order valence-electron chi connectivity index (χ3n) is 4.57. The highest BCUT2D eigenvalue weighted by Crippen LogP contribution is 2.20. The van der Waals surface area contributed by atoms with Crippen molar-refractivity contribution in [1.82, 2.24) is 5.32 Å². The van der Waals surface area contributed by atoms with Gasteiger partial charge in [-0.15, -0.1) is 12.4 Å². The molecule has 0 heterocycles. The molecular formula is C24H28ClNO2. The highest BCUT2D eigenvalue weighted by molar-refractivity contribution is 5.85. The van der Waals surface area contributed by atoms with Gasteiger partial charge >= 0.3 is 0 Å². The van der Waals surface area contributed by atoms with Gasteiger partial charge in [-0.1, -0.05) is 66.2 Å². The Morgan fingerprint density at radius 1 is 0.786 bits per heavy atom. The maximum atomic E-state index is 6.05. The highest BCUT2D eigenvalue weighted by Gasteiger charge is 2.05. The number of nitrogens with one attached hydrogen (secondary N) is 1. The molecule has 3 aromatic carbocycles. The van der Waals surface area contributed by atoms with Crippen LogP contribution in [0.2, 0.25) is 0 Å². The molecule has 0 aliphatic carbocycles. The SMILES string of the molecule is COc1ccccc1CCNCc1ccccc1OCc1ccc(C)cc1.Cl. The molecule has 0 aliphatic heterocycles. The molecule has 0 bridgehead atoms. The average Bonchev–Trinajstić information content (AvgIpc) is 2.72. The van der Waals surface area contributed by atoms with E-state index in [1.807, 2.05) is 30.3 Å². The summed E-state index contributed by atoms with van der Waals surface area (Å²) in [5.74, 6) is 1.88. The number of hydrogen-bond donors (Lipinski definition) is 1. The van der Waals surface area contributed by atoms with Gasteiger partial charge in [0.05, 0.1) is 7.11 Å². The normalized spacial score (nSPS) is 10.2. The van der Waals surface area contributed by atoms with E-state index in [0.29, 0.717) is 6.61 Å². The second-order valence-electron chi connectivity index (χ2n) is 6.62. The summed E-state index contributed by atoms with van der Waals surface area (Å²) < 4.78 is 11.5. The van der Waals surface area contributed by atoms with Crippen molar-refractivity contribution < 1.29 is 9.47 Å². The lowest BCUT2D eigenvalue weighted by atomic mass is 10.1. The van der Waals surface area contributed by atoms with Gasteiger partial charge in [0.2, 0.25) is 0 Å². The molecule has 3 rings (SSSR count). The van der Waals surface area contributed by atoms with Gasteiger partial charge in [0, 0.05) is 12.1 Å². The number of hydrogen-bond acceptors (Lipinski definition) is 3. The van der Waals surface area contributed by atoms with Crippen molar-refractivity contribution in [3.63, 3.8) is 0 Å². The minimum absolute atomic E-state index is 0. The molecule has 0 unspecified atom stereocenters. The Bertz CT molecular complexity index is 849. The lowest BCUT2D eigenvalue weighted by Crippen LogP contribution is -2.17. The average molecular weight is 398 g/mol. The minimum Gasteiger partial charge on any atom is -0.496 e. The number of ether oxygens (including phenoxy) is 2. The first-order valence-electron chi connectivity index (χ1n) is 9.35. The minimum atomic E-state index is 0. The van der Waals surface area contributed by atoms with Crippen LogP contribution in [-0.2, 0) is 19.6 Å². The first-order chi connectivity index (χ1) is 13.3. The molecule has 1 N–H and O–H groups in total. The van der Waals surface area contributed by atoms with Gasteiger partial charge in [-0.3, -0.25) is 0 Å². The number of halogens is 1. The van der Waals surface area contributed by atoms with Crippen LogP contribution in [0.25, 0.3) is 0 Å². The van der Waals surface area contributed by atoms with Crippen molar-refractivity contribution >= 4 is 12.4 Å². The van der Waals surface area contributed by atoms with Crippen molar-refractivity contribution in [2.75, 3.05) is 13.7 Å². The summed E-state index contributed by atoms with van der Waals surface area (Å²) in [5, 5.41) is 3.51. The molecule has 148 valence electrons. The van der Waals surface area contributed by atoms with Crippen molar-refractivity contribution in [2.24, 2.45) is 0 Å². The summed E-state index contributed by atoms with van der Waals surface area (Å²) in [4.78, 5) is 0. The topological polar surface area (TPSA) is 30.5 Å². The summed E-state index contributed by atoms with van der Waals surface area (Å²) in [7, 11) is 1.72. The Hall–Kier alpha value is -2.49. The van der Waals surface area contributed by atoms with E-state index < -0.39 is 0 Å². The maximum Gasteiger partial charge on any atom is 0.124 e. The zero-order valence-electron chi connectivity index (χ0n) is 16.5. The van der Waals surface area contributed by atoms with Crippen LogP contribution in [0.1, 0.15) is 22.3 Å². The lowest BCUT2D eigenvalue weighted by molar-refractivity contribution is 0.302. The van der Waals surface area contributed by atoms with Crippen LogP contribution in [0, 0.1) is 6.92 Å². The van der Waals surface area contributed by atoms with E-state index in [2.05, 4.69) is 54.7 Å². The quantitative estimate of drug-likeness (QED) is 0.494. The van der Waals surface area contributed by atoms with Crippen LogP contribution in [-0.4, -0.2) is 13.7 Å². The van der Waals surface area contributed by atoms with Crippen LogP contribution >= 0.6 is 12.4 Å². The number of aryl methyl sites for hydroxylation is 1. The number of methoxy groups -OCH3 is 1. The van der Waals surface area contributed by atoms with Gasteiger partial charge < -0.3 is 14.8 Å². The molecule has 0 aliphatic rings. The van der Waals surface area contributed by atoms with Gasteiger partial charge in [0.25, 0.3) is 0 Å². The monoisotopic (exact) mass is 397 g/mol. The Labute approximate surface area is 174 Å². The van der Waals surface area contributed by atoms with E-state index in [1.165, 1.54) is 22.3 Å². The fraction of sp³-hybridized carbons (Fsp3) is 0.250. The second-order valence-corrected chi connectivity index (χ2v) is 6.62. The predicted molar refractivity (Wildman–Crippen MR) is 118 cm³/mol. The summed E-state index contributed by atoms with van der Waals surface area (Å²) in [5.41, 5.74) is 4.83. The predicted octanol–water partition coefficient (Wildman–Crippen LogP) is 5.34. The van der Waals surface area contributed by atoms with Gasteiger partial charge in [-0.2, -0.15) is 0 Å². The largest absolute Gasteiger partial charge is 0.496 e. The van der Waals surface area contributed by atoms with E-state index >= 15 is 0 Å². The molecule has 3 nitrogen and oxygen atoms in total. The van der Waals surface area contributed by atoms with E-state index in [-0.39, 0.29) is 12.4 Å². The molecule has 0 saturated heterocycles. The highest BCUT2D eigenvalue weighted by atomic mass is 35.5. The van der Waals surface area contributed by atoms with Crippen LogP contribution < -0.4 is 14.8 Å². The molecule has 28 heavy (non-hydrogen) atoms. The van der Waals surface area contributed by atoms with Crippen LogP contribution in [0.4, 0.5) is 0 Å². The van der Waals surface area contributed by atoms with E-state index in [0.717, 1.165) is 31.0 Å². The van der Waals surface area contributed by atoms with Crippen molar-refractivity contribution in [3.8, 4) is 11.5 Å².